The number of halogens is 1. The highest BCUT2D eigenvalue weighted by atomic mass is 35.5. The summed E-state index contributed by atoms with van der Waals surface area (Å²) >= 11 is 5.80. The van der Waals surface area contributed by atoms with Crippen LogP contribution in [0.2, 0.25) is 5.15 Å². The Hall–Kier alpha value is -1.20. The summed E-state index contributed by atoms with van der Waals surface area (Å²) in [7, 11) is 0. The van der Waals surface area contributed by atoms with Gasteiger partial charge in [-0.25, -0.2) is 4.98 Å². The fraction of sp³-hybridized carbons (Fsp3) is 0.500. The van der Waals surface area contributed by atoms with Gasteiger partial charge in [-0.05, 0) is 12.8 Å². The lowest BCUT2D eigenvalue weighted by molar-refractivity contribution is 0.0833. The molecule has 1 saturated heterocycles. The molecule has 0 radical (unpaired) electrons. The molecule has 3 rings (SSSR count). The molecule has 5 nitrogen and oxygen atoms in total. The molecule has 6 heteroatoms. The standard InChI is InChI=1S/C10H11ClN4O/c11-8-5-9-13-14-10(15(9)6-12-8)7-1-3-16-4-2-7/h5-7H,1-4H2. The van der Waals surface area contributed by atoms with Crippen LogP contribution < -0.4 is 0 Å². The van der Waals surface area contributed by atoms with Crippen molar-refractivity contribution in [1.29, 1.82) is 0 Å². The molecule has 1 fully saturated rings. The molecule has 1 aliphatic rings. The molecule has 0 saturated carbocycles. The third-order valence-corrected chi connectivity index (χ3v) is 3.09. The van der Waals surface area contributed by atoms with Crippen LogP contribution in [0.15, 0.2) is 12.4 Å². The average molecular weight is 239 g/mol. The molecule has 0 amide bonds. The van der Waals surface area contributed by atoms with Crippen molar-refractivity contribution in [2.45, 2.75) is 18.8 Å². The fourth-order valence-corrected chi connectivity index (χ4v) is 2.16. The van der Waals surface area contributed by atoms with Gasteiger partial charge in [0.2, 0.25) is 0 Å². The number of hydrogen-bond donors (Lipinski definition) is 0. The predicted molar refractivity (Wildman–Crippen MR) is 58.6 cm³/mol. The highest BCUT2D eigenvalue weighted by Crippen LogP contribution is 2.25. The lowest BCUT2D eigenvalue weighted by Gasteiger charge is -2.20. The molecule has 1 aliphatic heterocycles. The summed E-state index contributed by atoms with van der Waals surface area (Å²) in [6.45, 7) is 1.58. The Morgan fingerprint density at radius 3 is 2.94 bits per heavy atom. The first-order valence-corrected chi connectivity index (χ1v) is 5.66. The minimum absolute atomic E-state index is 0.409. The summed E-state index contributed by atoms with van der Waals surface area (Å²) < 4.78 is 7.24. The van der Waals surface area contributed by atoms with Crippen molar-refractivity contribution in [3.63, 3.8) is 0 Å². The zero-order valence-electron chi connectivity index (χ0n) is 8.64. The Kier molecular flexibility index (Phi) is 2.49. The number of aromatic nitrogens is 4. The van der Waals surface area contributed by atoms with E-state index < -0.39 is 0 Å². The summed E-state index contributed by atoms with van der Waals surface area (Å²) in [5, 5.41) is 8.76. The molecule has 0 atom stereocenters. The molecule has 0 bridgehead atoms. The molecule has 3 heterocycles. The van der Waals surface area contributed by atoms with Gasteiger partial charge in [-0.3, -0.25) is 4.40 Å². The first kappa shape index (κ1) is 9.99. The third kappa shape index (κ3) is 1.66. The Bertz CT molecular complexity index is 506. The smallest absolute Gasteiger partial charge is 0.165 e. The highest BCUT2D eigenvalue weighted by Gasteiger charge is 2.21. The van der Waals surface area contributed by atoms with Gasteiger partial charge in [-0.1, -0.05) is 11.6 Å². The van der Waals surface area contributed by atoms with Gasteiger partial charge < -0.3 is 4.74 Å². The van der Waals surface area contributed by atoms with Crippen molar-refractivity contribution in [2.75, 3.05) is 13.2 Å². The Labute approximate surface area is 97.4 Å². The minimum atomic E-state index is 0.409. The zero-order valence-corrected chi connectivity index (χ0v) is 9.39. The van der Waals surface area contributed by atoms with E-state index in [2.05, 4.69) is 15.2 Å². The van der Waals surface area contributed by atoms with Gasteiger partial charge in [0.15, 0.2) is 5.65 Å². The van der Waals surface area contributed by atoms with Gasteiger partial charge in [-0.2, -0.15) is 0 Å². The van der Waals surface area contributed by atoms with E-state index in [0.717, 1.165) is 37.5 Å². The van der Waals surface area contributed by atoms with Gasteiger partial charge in [0.25, 0.3) is 0 Å². The van der Waals surface area contributed by atoms with E-state index in [9.17, 15) is 0 Å². The maximum absolute atomic E-state index is 5.80. The molecule has 0 unspecified atom stereocenters. The monoisotopic (exact) mass is 238 g/mol. The first-order chi connectivity index (χ1) is 7.84. The zero-order chi connectivity index (χ0) is 11.0. The summed E-state index contributed by atoms with van der Waals surface area (Å²) in [4.78, 5) is 4.05. The van der Waals surface area contributed by atoms with E-state index >= 15 is 0 Å². The van der Waals surface area contributed by atoms with Gasteiger partial charge in [0, 0.05) is 25.2 Å². The maximum atomic E-state index is 5.80. The number of ether oxygens (including phenoxy) is 1. The van der Waals surface area contributed by atoms with Crippen molar-refractivity contribution < 1.29 is 4.74 Å². The van der Waals surface area contributed by atoms with Gasteiger partial charge in [-0.15, -0.1) is 10.2 Å². The molecule has 2 aromatic heterocycles. The van der Waals surface area contributed by atoms with Gasteiger partial charge in [0.05, 0.1) is 0 Å². The first-order valence-electron chi connectivity index (χ1n) is 5.28. The topological polar surface area (TPSA) is 52.3 Å². The van der Waals surface area contributed by atoms with E-state index in [1.165, 1.54) is 0 Å². The second-order valence-corrected chi connectivity index (χ2v) is 4.27. The van der Waals surface area contributed by atoms with Crippen molar-refractivity contribution in [2.24, 2.45) is 0 Å². The van der Waals surface area contributed by atoms with E-state index in [-0.39, 0.29) is 0 Å². The second-order valence-electron chi connectivity index (χ2n) is 3.88. The Morgan fingerprint density at radius 2 is 2.12 bits per heavy atom. The quantitative estimate of drug-likeness (QED) is 0.710. The molecule has 84 valence electrons. The van der Waals surface area contributed by atoms with Crippen molar-refractivity contribution in [3.8, 4) is 0 Å². The van der Waals surface area contributed by atoms with Crippen LogP contribution >= 0.6 is 11.6 Å². The predicted octanol–water partition coefficient (Wildman–Crippen LogP) is 1.67. The van der Waals surface area contributed by atoms with E-state index in [1.807, 2.05) is 4.40 Å². The lowest BCUT2D eigenvalue weighted by atomic mass is 10.00. The number of fused-ring (bicyclic) bond motifs is 1. The highest BCUT2D eigenvalue weighted by molar-refractivity contribution is 6.29. The summed E-state index contributed by atoms with van der Waals surface area (Å²) in [6, 6.07) is 1.72. The lowest BCUT2D eigenvalue weighted by Crippen LogP contribution is -2.16. The molecule has 0 spiro atoms. The fourth-order valence-electron chi connectivity index (χ4n) is 2.02. The Balaban J connectivity index is 2.03. The van der Waals surface area contributed by atoms with Crippen LogP contribution in [0, 0.1) is 0 Å². The molecular weight excluding hydrogens is 228 g/mol. The summed E-state index contributed by atoms with van der Waals surface area (Å²) in [5.74, 6) is 1.37. The SMILES string of the molecule is Clc1cc2nnc(C3CCOCC3)n2cn1. The summed E-state index contributed by atoms with van der Waals surface area (Å²) in [5.41, 5.74) is 0.751. The largest absolute Gasteiger partial charge is 0.381 e. The molecule has 0 aliphatic carbocycles. The molecule has 0 aromatic carbocycles. The molecule has 16 heavy (non-hydrogen) atoms. The number of nitrogens with zero attached hydrogens (tertiary/aromatic N) is 4. The molecule has 2 aromatic rings. The van der Waals surface area contributed by atoms with E-state index in [4.69, 9.17) is 16.3 Å². The van der Waals surface area contributed by atoms with Crippen LogP contribution in [-0.4, -0.2) is 32.8 Å². The van der Waals surface area contributed by atoms with Crippen LogP contribution in [0.4, 0.5) is 0 Å². The van der Waals surface area contributed by atoms with Crippen LogP contribution in [0.25, 0.3) is 5.65 Å². The van der Waals surface area contributed by atoms with Gasteiger partial charge in [0.1, 0.15) is 17.3 Å². The van der Waals surface area contributed by atoms with Crippen LogP contribution in [-0.2, 0) is 4.74 Å². The number of rotatable bonds is 1. The molecular formula is C10H11ClN4O. The van der Waals surface area contributed by atoms with E-state index in [0.29, 0.717) is 11.1 Å². The van der Waals surface area contributed by atoms with Crippen LogP contribution in [0.3, 0.4) is 0 Å². The van der Waals surface area contributed by atoms with Crippen LogP contribution in [0.1, 0.15) is 24.6 Å². The summed E-state index contributed by atoms with van der Waals surface area (Å²) in [6.07, 6.45) is 3.66. The van der Waals surface area contributed by atoms with Gasteiger partial charge >= 0.3 is 0 Å². The van der Waals surface area contributed by atoms with Crippen molar-refractivity contribution in [1.82, 2.24) is 19.6 Å². The second kappa shape index (κ2) is 3.99. The van der Waals surface area contributed by atoms with Crippen molar-refractivity contribution in [3.05, 3.63) is 23.4 Å². The van der Waals surface area contributed by atoms with Crippen molar-refractivity contribution >= 4 is 17.2 Å². The average Bonchev–Trinajstić information content (AvgIpc) is 2.73. The normalized spacial score (nSPS) is 18.1. The maximum Gasteiger partial charge on any atom is 0.165 e. The Morgan fingerprint density at radius 1 is 1.31 bits per heavy atom. The van der Waals surface area contributed by atoms with E-state index in [1.54, 1.807) is 12.4 Å². The van der Waals surface area contributed by atoms with Crippen LogP contribution in [0.5, 0.6) is 0 Å². The third-order valence-electron chi connectivity index (χ3n) is 2.88. The minimum Gasteiger partial charge on any atom is -0.381 e. The molecule has 0 N–H and O–H groups in total. The number of hydrogen-bond acceptors (Lipinski definition) is 4.